The Kier molecular flexibility index (Phi) is 27.6. The van der Waals surface area contributed by atoms with Crippen molar-refractivity contribution < 1.29 is 0 Å². The van der Waals surface area contributed by atoms with Gasteiger partial charge in [-0.3, -0.25) is 0 Å². The second kappa shape index (κ2) is 18.5. The van der Waals surface area contributed by atoms with Gasteiger partial charge in [-0.1, -0.05) is 51.9 Å². The third kappa shape index (κ3) is 19.3. The van der Waals surface area contributed by atoms with Crippen molar-refractivity contribution in [3.05, 3.63) is 13.8 Å². The van der Waals surface area contributed by atoms with E-state index in [4.69, 9.17) is 0 Å². The van der Waals surface area contributed by atoms with Gasteiger partial charge >= 0.3 is 23.1 Å². The molecule has 0 aromatic rings. The summed E-state index contributed by atoms with van der Waals surface area (Å²) in [5.74, 6) is 0.844. The van der Waals surface area contributed by atoms with Crippen LogP contribution in [0.2, 0.25) is 0 Å². The summed E-state index contributed by atoms with van der Waals surface area (Å²) in [4.78, 5) is 0. The molecule has 0 saturated heterocycles. The molecule has 0 spiro atoms. The van der Waals surface area contributed by atoms with Gasteiger partial charge in [-0.15, -0.1) is 0 Å². The van der Waals surface area contributed by atoms with Crippen LogP contribution in [-0.2, 0) is 0 Å². The SMILES string of the molecule is [CH2-]C.[CH2-]CC(C)CCCCCC.[Mg+2]. The Morgan fingerprint density at radius 3 is 2.00 bits per heavy atom. The third-order valence-corrected chi connectivity index (χ3v) is 2.04. The van der Waals surface area contributed by atoms with Crippen molar-refractivity contribution in [2.75, 3.05) is 0 Å². The van der Waals surface area contributed by atoms with Gasteiger partial charge in [0.25, 0.3) is 0 Å². The molecule has 0 N–H and O–H groups in total. The van der Waals surface area contributed by atoms with Crippen molar-refractivity contribution in [1.82, 2.24) is 0 Å². The van der Waals surface area contributed by atoms with Crippen molar-refractivity contribution in [1.29, 1.82) is 0 Å². The summed E-state index contributed by atoms with van der Waals surface area (Å²) in [6, 6.07) is 0. The van der Waals surface area contributed by atoms with Crippen LogP contribution >= 0.6 is 0 Å². The molecule has 13 heavy (non-hydrogen) atoms. The Morgan fingerprint density at radius 2 is 1.62 bits per heavy atom. The summed E-state index contributed by atoms with van der Waals surface area (Å²) in [6.45, 7) is 13.4. The van der Waals surface area contributed by atoms with Gasteiger partial charge in [-0.05, 0) is 0 Å². The molecule has 0 radical (unpaired) electrons. The topological polar surface area (TPSA) is 0 Å². The van der Waals surface area contributed by atoms with E-state index in [1.165, 1.54) is 32.1 Å². The van der Waals surface area contributed by atoms with E-state index < -0.39 is 0 Å². The Hall–Kier alpha value is 0.766. The first-order valence-electron chi connectivity index (χ1n) is 5.31. The maximum atomic E-state index is 3.88. The van der Waals surface area contributed by atoms with Gasteiger partial charge in [-0.2, -0.15) is 13.3 Å². The summed E-state index contributed by atoms with van der Waals surface area (Å²) in [5.41, 5.74) is 0. The van der Waals surface area contributed by atoms with Crippen LogP contribution < -0.4 is 0 Å². The molecule has 0 aliphatic carbocycles. The van der Waals surface area contributed by atoms with Gasteiger partial charge in [0.05, 0.1) is 0 Å². The van der Waals surface area contributed by atoms with Crippen LogP contribution in [0.3, 0.4) is 0 Å². The molecule has 76 valence electrons. The molecule has 0 fully saturated rings. The Bertz CT molecular complexity index is 62.1. The smallest absolute Gasteiger partial charge is 0.346 e. The largest absolute Gasteiger partial charge is 2.00 e. The average molecular weight is 195 g/mol. The molecule has 0 saturated carbocycles. The minimum Gasteiger partial charge on any atom is -0.346 e. The first-order valence-corrected chi connectivity index (χ1v) is 5.31. The predicted molar refractivity (Wildman–Crippen MR) is 64.7 cm³/mol. The maximum Gasteiger partial charge on any atom is 2.00 e. The van der Waals surface area contributed by atoms with Crippen molar-refractivity contribution in [3.8, 4) is 0 Å². The van der Waals surface area contributed by atoms with E-state index in [2.05, 4.69) is 27.7 Å². The van der Waals surface area contributed by atoms with E-state index in [0.717, 1.165) is 12.3 Å². The molecule has 0 amide bonds. The van der Waals surface area contributed by atoms with Crippen LogP contribution in [0.15, 0.2) is 0 Å². The molecule has 1 heteroatoms. The first-order chi connectivity index (χ1) is 5.81. The molecule has 0 aliphatic heterocycles. The van der Waals surface area contributed by atoms with Crippen LogP contribution in [0.4, 0.5) is 0 Å². The van der Waals surface area contributed by atoms with E-state index in [1.54, 1.807) is 6.92 Å². The zero-order chi connectivity index (χ0) is 9.82. The summed E-state index contributed by atoms with van der Waals surface area (Å²) in [6.07, 6.45) is 8.06. The van der Waals surface area contributed by atoms with Crippen LogP contribution in [0, 0.1) is 19.8 Å². The van der Waals surface area contributed by atoms with Crippen LogP contribution in [0.25, 0.3) is 0 Å². The average Bonchev–Trinajstić information content (AvgIpc) is 2.15. The van der Waals surface area contributed by atoms with Crippen molar-refractivity contribution >= 4 is 23.1 Å². The minimum atomic E-state index is 0. The van der Waals surface area contributed by atoms with E-state index in [1.807, 2.05) is 0 Å². The second-order valence-electron chi connectivity index (χ2n) is 3.24. The molecule has 0 aromatic carbocycles. The molecule has 1 atom stereocenters. The first kappa shape index (κ1) is 19.4. The van der Waals surface area contributed by atoms with Gasteiger partial charge in [0, 0.05) is 0 Å². The van der Waals surface area contributed by atoms with Crippen molar-refractivity contribution in [3.63, 3.8) is 0 Å². The van der Waals surface area contributed by atoms with Gasteiger partial charge < -0.3 is 13.8 Å². The zero-order valence-corrected chi connectivity index (χ0v) is 11.4. The maximum absolute atomic E-state index is 3.88. The molecule has 0 rings (SSSR count). The number of hydrogen-bond donors (Lipinski definition) is 0. The fourth-order valence-electron chi connectivity index (χ4n) is 1.06. The Morgan fingerprint density at radius 1 is 1.08 bits per heavy atom. The van der Waals surface area contributed by atoms with Crippen LogP contribution in [0.1, 0.15) is 59.3 Å². The van der Waals surface area contributed by atoms with Crippen molar-refractivity contribution in [2.24, 2.45) is 5.92 Å². The summed E-state index contributed by atoms with van der Waals surface area (Å²) >= 11 is 0. The number of unbranched alkanes of at least 4 members (excludes halogenated alkanes) is 3. The molecular formula is C12H26Mg. The van der Waals surface area contributed by atoms with E-state index >= 15 is 0 Å². The Labute approximate surface area is 102 Å². The van der Waals surface area contributed by atoms with E-state index in [9.17, 15) is 0 Å². The quantitative estimate of drug-likeness (QED) is 0.336. The monoisotopic (exact) mass is 194 g/mol. The van der Waals surface area contributed by atoms with Crippen molar-refractivity contribution in [2.45, 2.75) is 59.3 Å². The molecular weight excluding hydrogens is 168 g/mol. The van der Waals surface area contributed by atoms with Gasteiger partial charge in [0.2, 0.25) is 0 Å². The van der Waals surface area contributed by atoms with Gasteiger partial charge in [-0.25, -0.2) is 0 Å². The van der Waals surface area contributed by atoms with Gasteiger partial charge in [0.1, 0.15) is 0 Å². The third-order valence-electron chi connectivity index (χ3n) is 2.04. The number of rotatable bonds is 6. The molecule has 1 unspecified atom stereocenters. The second-order valence-corrected chi connectivity index (χ2v) is 3.24. The van der Waals surface area contributed by atoms with Crippen LogP contribution in [-0.4, -0.2) is 23.1 Å². The molecule has 0 bridgehead atoms. The minimum absolute atomic E-state index is 0. The summed E-state index contributed by atoms with van der Waals surface area (Å²) in [5, 5.41) is 0. The van der Waals surface area contributed by atoms with Crippen LogP contribution in [0.5, 0.6) is 0 Å². The standard InChI is InChI=1S/C10H21.C2H5.Mg/c1-4-6-7-8-9-10(3)5-2;1-2;/h10H,2,4-9H2,1,3H3;1H2,2H3;/q2*-1;+2. The normalized spacial score (nSPS) is 10.8. The summed E-state index contributed by atoms with van der Waals surface area (Å²) in [7, 11) is 0. The molecule has 0 aliphatic rings. The summed E-state index contributed by atoms with van der Waals surface area (Å²) < 4.78 is 0. The fourth-order valence-corrected chi connectivity index (χ4v) is 1.06. The fraction of sp³-hybridized carbons (Fsp3) is 0.833. The van der Waals surface area contributed by atoms with E-state index in [-0.39, 0.29) is 23.1 Å². The van der Waals surface area contributed by atoms with Gasteiger partial charge in [0.15, 0.2) is 0 Å². The number of hydrogen-bond acceptors (Lipinski definition) is 0. The Balaban J connectivity index is -0.000000309. The molecule has 0 aromatic heterocycles. The van der Waals surface area contributed by atoms with E-state index in [0.29, 0.717) is 0 Å². The zero-order valence-electron chi connectivity index (χ0n) is 9.94. The predicted octanol–water partition coefficient (Wildman–Crippen LogP) is 4.28. The molecule has 0 heterocycles. The molecule has 0 nitrogen and oxygen atoms in total.